The van der Waals surface area contributed by atoms with Gasteiger partial charge in [0.1, 0.15) is 5.75 Å². The van der Waals surface area contributed by atoms with Gasteiger partial charge in [-0.25, -0.2) is 14.7 Å². The van der Waals surface area contributed by atoms with Gasteiger partial charge >= 0.3 is 6.03 Å². The molecule has 0 aliphatic carbocycles. The van der Waals surface area contributed by atoms with Crippen LogP contribution >= 0.6 is 0 Å². The molecule has 2 aliphatic rings. The minimum Gasteiger partial charge on any atom is -0.497 e. The van der Waals surface area contributed by atoms with Gasteiger partial charge in [0, 0.05) is 18.8 Å². The number of hydrogen-bond donors (Lipinski definition) is 2. The molecule has 8 heteroatoms. The predicted molar refractivity (Wildman–Crippen MR) is 99.8 cm³/mol. The number of ether oxygens (including phenoxy) is 1. The largest absolute Gasteiger partial charge is 0.497 e. The van der Waals surface area contributed by atoms with Crippen molar-refractivity contribution in [3.05, 3.63) is 36.0 Å². The van der Waals surface area contributed by atoms with Crippen LogP contribution in [0.3, 0.4) is 0 Å². The Balaban J connectivity index is 1.84. The van der Waals surface area contributed by atoms with E-state index in [-0.39, 0.29) is 0 Å². The van der Waals surface area contributed by atoms with Gasteiger partial charge in [-0.2, -0.15) is 0 Å². The van der Waals surface area contributed by atoms with Gasteiger partial charge in [-0.15, -0.1) is 0 Å². The van der Waals surface area contributed by atoms with Crippen molar-refractivity contribution in [2.75, 3.05) is 25.1 Å². The molecule has 1 aromatic carbocycles. The molecule has 2 N–H and O–H groups in total. The average Bonchev–Trinajstić information content (AvgIpc) is 2.68. The van der Waals surface area contributed by atoms with Crippen molar-refractivity contribution in [1.82, 2.24) is 15.8 Å². The summed E-state index contributed by atoms with van der Waals surface area (Å²) in [6, 6.07) is 5.78. The van der Waals surface area contributed by atoms with Gasteiger partial charge in [0.05, 0.1) is 12.8 Å². The number of benzene rings is 1. The van der Waals surface area contributed by atoms with E-state index < -0.39 is 23.8 Å². The van der Waals surface area contributed by atoms with Gasteiger partial charge < -0.3 is 10.2 Å². The molecule has 3 rings (SSSR count). The van der Waals surface area contributed by atoms with Crippen molar-refractivity contribution in [1.29, 1.82) is 0 Å². The summed E-state index contributed by atoms with van der Waals surface area (Å²) in [5.41, 5.74) is 4.05. The molecular formula is C19H24N4O4. The lowest BCUT2D eigenvalue weighted by atomic mass is 9.99. The lowest BCUT2D eigenvalue weighted by Gasteiger charge is -2.35. The second kappa shape index (κ2) is 8.22. The van der Waals surface area contributed by atoms with Gasteiger partial charge in [-0.3, -0.25) is 14.9 Å². The number of piperidine rings is 1. The number of carbonyl (C=O) groups excluding carboxylic acids is 3. The molecule has 0 radical (unpaired) electrons. The average molecular weight is 372 g/mol. The summed E-state index contributed by atoms with van der Waals surface area (Å²) in [5.74, 6) is -1.69. The first-order chi connectivity index (χ1) is 13.0. The van der Waals surface area contributed by atoms with E-state index in [1.807, 2.05) is 5.01 Å². The number of barbiturate groups is 1. The van der Waals surface area contributed by atoms with Crippen molar-refractivity contribution < 1.29 is 19.1 Å². The van der Waals surface area contributed by atoms with E-state index in [4.69, 9.17) is 4.74 Å². The maximum atomic E-state index is 13.1. The number of rotatable bonds is 5. The second-order valence-corrected chi connectivity index (χ2v) is 6.50. The van der Waals surface area contributed by atoms with Crippen LogP contribution in [-0.2, 0) is 9.59 Å². The zero-order valence-corrected chi connectivity index (χ0v) is 15.5. The fraction of sp³-hybridized carbons (Fsp3) is 0.421. The molecule has 144 valence electrons. The van der Waals surface area contributed by atoms with Crippen LogP contribution in [0.5, 0.6) is 5.75 Å². The Morgan fingerprint density at radius 3 is 2.41 bits per heavy atom. The lowest BCUT2D eigenvalue weighted by molar-refractivity contribution is -0.133. The third-order valence-corrected chi connectivity index (χ3v) is 4.76. The Morgan fingerprint density at radius 2 is 1.81 bits per heavy atom. The first-order valence-corrected chi connectivity index (χ1v) is 9.06. The Bertz CT molecular complexity index is 753. The summed E-state index contributed by atoms with van der Waals surface area (Å²) in [5, 5.41) is 4.29. The molecule has 2 aliphatic heterocycles. The normalized spacial score (nSPS) is 21.9. The number of allylic oxidation sites excluding steroid dienone is 1. The minimum atomic E-state index is -1.10. The van der Waals surface area contributed by atoms with Crippen LogP contribution in [0, 0.1) is 5.92 Å². The number of hydrazine groups is 1. The highest BCUT2D eigenvalue weighted by Crippen LogP contribution is 2.26. The number of carbonyl (C=O) groups is 3. The summed E-state index contributed by atoms with van der Waals surface area (Å²) in [6.07, 6.45) is 5.00. The van der Waals surface area contributed by atoms with Gasteiger partial charge in [-0.05, 0) is 44.0 Å². The van der Waals surface area contributed by atoms with Crippen LogP contribution in [0.1, 0.15) is 26.2 Å². The monoisotopic (exact) mass is 372 g/mol. The first-order valence-electron chi connectivity index (χ1n) is 9.06. The summed E-state index contributed by atoms with van der Waals surface area (Å²) in [7, 11) is 1.53. The molecule has 2 fully saturated rings. The maximum absolute atomic E-state index is 13.1. The Morgan fingerprint density at radius 1 is 1.15 bits per heavy atom. The maximum Gasteiger partial charge on any atom is 0.335 e. The molecule has 0 bridgehead atoms. The van der Waals surface area contributed by atoms with Gasteiger partial charge in [0.15, 0.2) is 5.92 Å². The fourth-order valence-corrected chi connectivity index (χ4v) is 3.31. The highest BCUT2D eigenvalue weighted by Gasteiger charge is 2.43. The number of anilines is 1. The van der Waals surface area contributed by atoms with Crippen molar-refractivity contribution in [2.24, 2.45) is 5.92 Å². The number of methoxy groups -OCH3 is 1. The highest BCUT2D eigenvalue weighted by atomic mass is 16.5. The molecule has 8 nitrogen and oxygen atoms in total. The van der Waals surface area contributed by atoms with E-state index >= 15 is 0 Å². The number of imide groups is 2. The number of urea groups is 1. The Hall–Kier alpha value is -2.87. The second-order valence-electron chi connectivity index (χ2n) is 6.50. The van der Waals surface area contributed by atoms with Crippen LogP contribution in [-0.4, -0.2) is 43.1 Å². The number of nitrogens with zero attached hydrogens (tertiary/aromatic N) is 2. The highest BCUT2D eigenvalue weighted by molar-refractivity contribution is 6.28. The van der Waals surface area contributed by atoms with E-state index in [0.717, 1.165) is 30.8 Å². The fourth-order valence-electron chi connectivity index (χ4n) is 3.31. The third-order valence-electron chi connectivity index (χ3n) is 4.76. The molecule has 1 aromatic rings. The molecule has 0 saturated carbocycles. The van der Waals surface area contributed by atoms with Crippen LogP contribution in [0.15, 0.2) is 36.0 Å². The van der Waals surface area contributed by atoms with E-state index in [1.165, 1.54) is 13.5 Å². The minimum absolute atomic E-state index is 0.379. The third kappa shape index (κ3) is 3.95. The van der Waals surface area contributed by atoms with Crippen LogP contribution < -0.4 is 20.4 Å². The Labute approximate surface area is 158 Å². The molecule has 4 amide bonds. The topological polar surface area (TPSA) is 91.0 Å². The van der Waals surface area contributed by atoms with Crippen LogP contribution in [0.4, 0.5) is 10.5 Å². The SMILES string of the molecule is C/C=C(\NN1CCCCC1)[C@H]1C(=O)NC(=O)N(c2ccc(OC)cc2)C1=O. The quantitative estimate of drug-likeness (QED) is 0.766. The van der Waals surface area contributed by atoms with Crippen molar-refractivity contribution in [2.45, 2.75) is 26.2 Å². The first kappa shape index (κ1) is 18.9. The molecule has 2 heterocycles. The van der Waals surface area contributed by atoms with Gasteiger partial charge in [-0.1, -0.05) is 12.5 Å². The molecule has 27 heavy (non-hydrogen) atoms. The lowest BCUT2D eigenvalue weighted by Crippen LogP contribution is -2.60. The summed E-state index contributed by atoms with van der Waals surface area (Å²) in [4.78, 5) is 38.8. The van der Waals surface area contributed by atoms with Crippen LogP contribution in [0.2, 0.25) is 0 Å². The molecule has 0 spiro atoms. The zero-order valence-electron chi connectivity index (χ0n) is 15.5. The van der Waals surface area contributed by atoms with Crippen LogP contribution in [0.25, 0.3) is 0 Å². The number of hydrogen-bond acceptors (Lipinski definition) is 6. The standard InChI is InChI=1S/C19H24N4O4/c1-3-15(21-22-11-5-4-6-12-22)16-17(24)20-19(26)23(18(16)25)13-7-9-14(27-2)10-8-13/h3,7-10,16,21H,4-6,11-12H2,1-2H3,(H,20,24,26)/b15-3-/t16-/m0/s1. The molecule has 0 unspecified atom stereocenters. The summed E-state index contributed by atoms with van der Waals surface area (Å²) < 4.78 is 5.11. The van der Waals surface area contributed by atoms with Crippen molar-refractivity contribution in [3.8, 4) is 5.75 Å². The molecular weight excluding hydrogens is 348 g/mol. The molecule has 2 saturated heterocycles. The summed E-state index contributed by atoms with van der Waals surface area (Å²) >= 11 is 0. The molecule has 1 atom stereocenters. The number of amides is 4. The summed E-state index contributed by atoms with van der Waals surface area (Å²) in [6.45, 7) is 3.46. The van der Waals surface area contributed by atoms with E-state index in [1.54, 1.807) is 37.3 Å². The molecule has 0 aromatic heterocycles. The van der Waals surface area contributed by atoms with Gasteiger partial charge in [0.2, 0.25) is 5.91 Å². The Kier molecular flexibility index (Phi) is 5.75. The van der Waals surface area contributed by atoms with Crippen molar-refractivity contribution >= 4 is 23.5 Å². The predicted octanol–water partition coefficient (Wildman–Crippen LogP) is 1.79. The van der Waals surface area contributed by atoms with E-state index in [9.17, 15) is 14.4 Å². The zero-order chi connectivity index (χ0) is 19.4. The van der Waals surface area contributed by atoms with E-state index in [2.05, 4.69) is 10.7 Å². The number of nitrogens with one attached hydrogen (secondary N) is 2. The van der Waals surface area contributed by atoms with Gasteiger partial charge in [0.25, 0.3) is 5.91 Å². The van der Waals surface area contributed by atoms with Crippen molar-refractivity contribution in [3.63, 3.8) is 0 Å². The smallest absolute Gasteiger partial charge is 0.335 e. The van der Waals surface area contributed by atoms with E-state index in [0.29, 0.717) is 17.1 Å².